The van der Waals surface area contributed by atoms with Crippen LogP contribution < -0.4 is 5.32 Å². The van der Waals surface area contributed by atoms with Crippen LogP contribution in [0.25, 0.3) is 0 Å². The zero-order chi connectivity index (χ0) is 11.5. The highest BCUT2D eigenvalue weighted by atomic mass is 79.9. The third-order valence-electron chi connectivity index (χ3n) is 3.00. The highest BCUT2D eigenvalue weighted by molar-refractivity contribution is 9.10. The fourth-order valence-corrected chi connectivity index (χ4v) is 2.52. The molecule has 1 nitrogen and oxygen atoms in total. The van der Waals surface area contributed by atoms with Gasteiger partial charge in [0.25, 0.3) is 0 Å². The minimum absolute atomic E-state index is 0.340. The molecule has 0 spiro atoms. The zero-order valence-corrected chi connectivity index (χ0v) is 10.5. The fourth-order valence-electron chi connectivity index (χ4n) is 2.13. The van der Waals surface area contributed by atoms with Gasteiger partial charge in [0, 0.05) is 6.07 Å². The molecule has 4 heteroatoms. The van der Waals surface area contributed by atoms with Gasteiger partial charge in [-0.2, -0.15) is 0 Å². The molecule has 1 aromatic rings. The maximum Gasteiger partial charge on any atom is 0.140 e. The molecule has 0 saturated carbocycles. The van der Waals surface area contributed by atoms with Crippen LogP contribution in [0.2, 0.25) is 0 Å². The van der Waals surface area contributed by atoms with E-state index in [9.17, 15) is 8.78 Å². The summed E-state index contributed by atoms with van der Waals surface area (Å²) in [7, 11) is 0. The number of rotatable bonds is 2. The quantitative estimate of drug-likeness (QED) is 0.824. The molecule has 1 N–H and O–H groups in total. The molecule has 1 aliphatic heterocycles. The van der Waals surface area contributed by atoms with Crippen LogP contribution in [-0.2, 0) is 6.42 Å². The van der Waals surface area contributed by atoms with Crippen LogP contribution in [0.1, 0.15) is 18.4 Å². The van der Waals surface area contributed by atoms with Crippen LogP contribution in [0, 0.1) is 17.6 Å². The predicted octanol–water partition coefficient (Wildman–Crippen LogP) is 3.27. The molecule has 1 atom stereocenters. The molecule has 0 aromatic heterocycles. The first kappa shape index (κ1) is 12.0. The summed E-state index contributed by atoms with van der Waals surface area (Å²) in [4.78, 5) is 0. The van der Waals surface area contributed by atoms with E-state index < -0.39 is 11.6 Å². The Labute approximate surface area is 102 Å². The van der Waals surface area contributed by atoms with Gasteiger partial charge in [-0.25, -0.2) is 8.78 Å². The van der Waals surface area contributed by atoms with E-state index in [1.807, 2.05) is 0 Å². The first-order valence-electron chi connectivity index (χ1n) is 5.51. The van der Waals surface area contributed by atoms with Gasteiger partial charge in [0.15, 0.2) is 0 Å². The summed E-state index contributed by atoms with van der Waals surface area (Å²) in [6, 6.07) is 2.51. The summed E-state index contributed by atoms with van der Waals surface area (Å²) in [6.07, 6.45) is 2.92. The molecule has 2 rings (SSSR count). The molecule has 1 heterocycles. The summed E-state index contributed by atoms with van der Waals surface area (Å²) in [5.41, 5.74) is 0.599. The van der Waals surface area contributed by atoms with Crippen molar-refractivity contribution in [2.24, 2.45) is 5.92 Å². The number of halogens is 3. The van der Waals surface area contributed by atoms with Crippen molar-refractivity contribution < 1.29 is 8.78 Å². The Hall–Kier alpha value is -0.480. The Kier molecular flexibility index (Phi) is 3.92. The maximum absolute atomic E-state index is 13.5. The third-order valence-corrected chi connectivity index (χ3v) is 3.60. The Bertz CT molecular complexity index is 376. The highest BCUT2D eigenvalue weighted by Gasteiger charge is 2.16. The number of hydrogen-bond acceptors (Lipinski definition) is 1. The zero-order valence-electron chi connectivity index (χ0n) is 8.90. The SMILES string of the molecule is Fc1cc(F)c(CC2CCCNC2)cc1Br. The van der Waals surface area contributed by atoms with E-state index in [2.05, 4.69) is 21.2 Å². The first-order valence-corrected chi connectivity index (χ1v) is 6.30. The molecule has 0 bridgehead atoms. The summed E-state index contributed by atoms with van der Waals surface area (Å²) >= 11 is 3.09. The van der Waals surface area contributed by atoms with E-state index in [1.54, 1.807) is 6.07 Å². The maximum atomic E-state index is 13.5. The molecule has 88 valence electrons. The number of benzene rings is 1. The molecule has 1 aliphatic rings. The summed E-state index contributed by atoms with van der Waals surface area (Å²) in [5, 5.41) is 3.29. The molecule has 0 amide bonds. The van der Waals surface area contributed by atoms with Crippen molar-refractivity contribution in [2.75, 3.05) is 13.1 Å². The normalized spacial score (nSPS) is 21.1. The van der Waals surface area contributed by atoms with Crippen LogP contribution in [0.5, 0.6) is 0 Å². The van der Waals surface area contributed by atoms with E-state index in [-0.39, 0.29) is 0 Å². The van der Waals surface area contributed by atoms with Crippen molar-refractivity contribution in [3.05, 3.63) is 33.8 Å². The third kappa shape index (κ3) is 2.80. The minimum atomic E-state index is -0.539. The average molecular weight is 290 g/mol. The van der Waals surface area contributed by atoms with Gasteiger partial charge in [-0.1, -0.05) is 0 Å². The molecule has 1 fully saturated rings. The Balaban J connectivity index is 2.11. The number of piperidine rings is 1. The van der Waals surface area contributed by atoms with Gasteiger partial charge in [0.1, 0.15) is 11.6 Å². The molecular weight excluding hydrogens is 276 g/mol. The van der Waals surface area contributed by atoms with Crippen molar-refractivity contribution in [1.29, 1.82) is 0 Å². The van der Waals surface area contributed by atoms with Crippen molar-refractivity contribution in [3.8, 4) is 0 Å². The molecule has 16 heavy (non-hydrogen) atoms. The van der Waals surface area contributed by atoms with E-state index in [0.29, 0.717) is 22.4 Å². The van der Waals surface area contributed by atoms with Gasteiger partial charge >= 0.3 is 0 Å². The molecule has 0 radical (unpaired) electrons. The van der Waals surface area contributed by atoms with E-state index in [1.165, 1.54) is 0 Å². The van der Waals surface area contributed by atoms with Crippen LogP contribution in [0.3, 0.4) is 0 Å². The predicted molar refractivity (Wildman–Crippen MR) is 63.4 cm³/mol. The lowest BCUT2D eigenvalue weighted by Gasteiger charge is -2.22. The Morgan fingerprint density at radius 2 is 2.12 bits per heavy atom. The standard InChI is InChI=1S/C12H14BrF2N/c13-10-5-9(11(14)6-12(10)15)4-8-2-1-3-16-7-8/h5-6,8,16H,1-4,7H2. The fraction of sp³-hybridized carbons (Fsp3) is 0.500. The number of nitrogens with one attached hydrogen (secondary N) is 1. The second-order valence-electron chi connectivity index (χ2n) is 4.27. The van der Waals surface area contributed by atoms with Crippen molar-refractivity contribution >= 4 is 15.9 Å². The summed E-state index contributed by atoms with van der Waals surface area (Å²) < 4.78 is 26.9. The molecule has 1 aromatic carbocycles. The largest absolute Gasteiger partial charge is 0.316 e. The molecule has 0 aliphatic carbocycles. The van der Waals surface area contributed by atoms with E-state index in [0.717, 1.165) is 32.0 Å². The lowest BCUT2D eigenvalue weighted by Crippen LogP contribution is -2.31. The minimum Gasteiger partial charge on any atom is -0.316 e. The average Bonchev–Trinajstić information content (AvgIpc) is 2.27. The van der Waals surface area contributed by atoms with Crippen LogP contribution >= 0.6 is 15.9 Å². The smallest absolute Gasteiger partial charge is 0.140 e. The molecular formula is C12H14BrF2N. The number of hydrogen-bond donors (Lipinski definition) is 1. The molecule has 1 unspecified atom stereocenters. The molecule has 1 saturated heterocycles. The van der Waals surface area contributed by atoms with Gasteiger partial charge in [-0.15, -0.1) is 0 Å². The lowest BCUT2D eigenvalue weighted by atomic mass is 9.92. The van der Waals surface area contributed by atoms with Gasteiger partial charge in [0.05, 0.1) is 4.47 Å². The van der Waals surface area contributed by atoms with Gasteiger partial charge in [-0.3, -0.25) is 0 Å². The Morgan fingerprint density at radius 1 is 1.31 bits per heavy atom. The first-order chi connectivity index (χ1) is 7.66. The van der Waals surface area contributed by atoms with Crippen LogP contribution in [0.4, 0.5) is 8.78 Å². The van der Waals surface area contributed by atoms with E-state index >= 15 is 0 Å². The monoisotopic (exact) mass is 289 g/mol. The Morgan fingerprint density at radius 3 is 2.81 bits per heavy atom. The summed E-state index contributed by atoms with van der Waals surface area (Å²) in [6.45, 7) is 1.97. The lowest BCUT2D eigenvalue weighted by molar-refractivity contribution is 0.371. The van der Waals surface area contributed by atoms with Gasteiger partial charge in [0.2, 0.25) is 0 Å². The van der Waals surface area contributed by atoms with Crippen molar-refractivity contribution in [3.63, 3.8) is 0 Å². The van der Waals surface area contributed by atoms with E-state index in [4.69, 9.17) is 0 Å². The summed E-state index contributed by atoms with van der Waals surface area (Å²) in [5.74, 6) is -0.519. The van der Waals surface area contributed by atoms with Crippen LogP contribution in [-0.4, -0.2) is 13.1 Å². The van der Waals surface area contributed by atoms with Gasteiger partial charge in [-0.05, 0) is 65.8 Å². The van der Waals surface area contributed by atoms with Gasteiger partial charge < -0.3 is 5.32 Å². The second kappa shape index (κ2) is 5.23. The van der Waals surface area contributed by atoms with Crippen molar-refractivity contribution in [1.82, 2.24) is 5.32 Å². The second-order valence-corrected chi connectivity index (χ2v) is 5.13. The van der Waals surface area contributed by atoms with Crippen molar-refractivity contribution in [2.45, 2.75) is 19.3 Å². The highest BCUT2D eigenvalue weighted by Crippen LogP contribution is 2.24. The van der Waals surface area contributed by atoms with Crippen LogP contribution in [0.15, 0.2) is 16.6 Å². The topological polar surface area (TPSA) is 12.0 Å².